The molecule has 3 N–H and O–H groups in total. The van der Waals surface area contributed by atoms with Crippen LogP contribution >= 0.6 is 11.6 Å². The highest BCUT2D eigenvalue weighted by atomic mass is 35.5. The summed E-state index contributed by atoms with van der Waals surface area (Å²) in [6, 6.07) is 0. The van der Waals surface area contributed by atoms with Crippen LogP contribution in [0.5, 0.6) is 0 Å². The van der Waals surface area contributed by atoms with Gasteiger partial charge >= 0.3 is 0 Å². The van der Waals surface area contributed by atoms with E-state index in [4.69, 9.17) is 17.3 Å². The smallest absolute Gasteiger partial charge is 0.237 e. The molecular formula is C14H29ClN2O. The van der Waals surface area contributed by atoms with Crippen LogP contribution in [0.4, 0.5) is 0 Å². The Bertz CT molecular complexity index is 222. The molecule has 108 valence electrons. The number of nitrogens with one attached hydrogen (secondary N) is 1. The van der Waals surface area contributed by atoms with Crippen LogP contribution in [0.2, 0.25) is 0 Å². The van der Waals surface area contributed by atoms with Gasteiger partial charge in [0.1, 0.15) is 0 Å². The van der Waals surface area contributed by atoms with E-state index in [1.807, 2.05) is 46.8 Å². The largest absolute Gasteiger partial charge is 0.332 e. The Morgan fingerprint density at radius 2 is 1.78 bits per heavy atom. The minimum atomic E-state index is -0.169. The number of unbranched alkanes of at least 4 members (excludes halogenated alkanes) is 2. The first kappa shape index (κ1) is 22.4. The van der Waals surface area contributed by atoms with Gasteiger partial charge in [-0.25, -0.2) is 0 Å². The molecule has 4 heteroatoms. The van der Waals surface area contributed by atoms with Gasteiger partial charge in [-0.15, -0.1) is 0 Å². The van der Waals surface area contributed by atoms with Crippen LogP contribution in [0.15, 0.2) is 23.4 Å². The van der Waals surface area contributed by atoms with E-state index in [2.05, 4.69) is 5.32 Å². The molecule has 0 rings (SSSR count). The minimum absolute atomic E-state index is 0.0263. The van der Waals surface area contributed by atoms with Crippen LogP contribution in [0, 0.1) is 0 Å². The molecule has 0 atom stereocenters. The maximum atomic E-state index is 10.7. The molecule has 0 unspecified atom stereocenters. The van der Waals surface area contributed by atoms with Crippen molar-refractivity contribution < 1.29 is 4.79 Å². The highest BCUT2D eigenvalue weighted by Crippen LogP contribution is 2.04. The lowest BCUT2D eigenvalue weighted by Crippen LogP contribution is -2.25. The number of halogens is 1. The van der Waals surface area contributed by atoms with Crippen LogP contribution in [0.1, 0.15) is 53.9 Å². The molecule has 0 bridgehead atoms. The lowest BCUT2D eigenvalue weighted by molar-refractivity contribution is -0.118. The molecule has 0 saturated heterocycles. The summed E-state index contributed by atoms with van der Waals surface area (Å²) in [6.45, 7) is 9.89. The Labute approximate surface area is 117 Å². The van der Waals surface area contributed by atoms with Crippen molar-refractivity contribution in [2.75, 3.05) is 6.54 Å². The van der Waals surface area contributed by atoms with E-state index in [0.717, 1.165) is 24.3 Å². The van der Waals surface area contributed by atoms with E-state index < -0.39 is 0 Å². The summed E-state index contributed by atoms with van der Waals surface area (Å²) in [5.41, 5.74) is 5.10. The second kappa shape index (κ2) is 21.5. The highest BCUT2D eigenvalue weighted by molar-refractivity contribution is 6.29. The average Bonchev–Trinajstić information content (AvgIpc) is 2.41. The fourth-order valence-electron chi connectivity index (χ4n) is 0.831. The van der Waals surface area contributed by atoms with Gasteiger partial charge in [0.25, 0.3) is 0 Å². The van der Waals surface area contributed by atoms with Crippen LogP contribution in [0.3, 0.4) is 0 Å². The quantitative estimate of drug-likeness (QED) is 0.722. The number of rotatable bonds is 6. The van der Waals surface area contributed by atoms with E-state index >= 15 is 0 Å². The van der Waals surface area contributed by atoms with Crippen molar-refractivity contribution in [3.05, 3.63) is 23.4 Å². The molecule has 0 fully saturated rings. The Kier molecular flexibility index (Phi) is 26.7. The Morgan fingerprint density at radius 3 is 2.22 bits per heavy atom. The lowest BCUT2D eigenvalue weighted by atomic mass is 10.2. The number of carbonyl (C=O) groups excluding carboxylic acids is 1. The van der Waals surface area contributed by atoms with E-state index in [0.29, 0.717) is 0 Å². The summed E-state index contributed by atoms with van der Waals surface area (Å²) >= 11 is 5.65. The number of allylic oxidation sites excluding steroid dienone is 3. The summed E-state index contributed by atoms with van der Waals surface area (Å²) in [5, 5.41) is 3.37. The predicted molar refractivity (Wildman–Crippen MR) is 82.5 cm³/mol. The SMILES string of the molecule is C/C(Cl)=C\CCC/C=C\NC(=O)CN.CC.CC. The van der Waals surface area contributed by atoms with Crippen molar-refractivity contribution in [1.82, 2.24) is 5.32 Å². The normalized spacial score (nSPS) is 10.1. The Morgan fingerprint density at radius 1 is 1.22 bits per heavy atom. The third-order valence-electron chi connectivity index (χ3n) is 1.55. The lowest BCUT2D eigenvalue weighted by Gasteiger charge is -1.94. The Balaban J connectivity index is -0.000000506. The fraction of sp³-hybridized carbons (Fsp3) is 0.643. The van der Waals surface area contributed by atoms with Crippen LogP contribution in [-0.4, -0.2) is 12.5 Å². The maximum Gasteiger partial charge on any atom is 0.237 e. The second-order valence-electron chi connectivity index (χ2n) is 2.90. The zero-order valence-corrected chi connectivity index (χ0v) is 13.2. The van der Waals surface area contributed by atoms with E-state index in [9.17, 15) is 4.79 Å². The molecule has 0 aromatic rings. The van der Waals surface area contributed by atoms with Crippen LogP contribution < -0.4 is 11.1 Å². The Hall–Kier alpha value is -0.800. The van der Waals surface area contributed by atoms with E-state index in [1.165, 1.54) is 0 Å². The van der Waals surface area contributed by atoms with Gasteiger partial charge in [0.2, 0.25) is 5.91 Å². The average molecular weight is 277 g/mol. The highest BCUT2D eigenvalue weighted by Gasteiger charge is 1.89. The van der Waals surface area contributed by atoms with Gasteiger partial charge in [0.05, 0.1) is 6.54 Å². The van der Waals surface area contributed by atoms with Gasteiger partial charge < -0.3 is 11.1 Å². The third-order valence-corrected chi connectivity index (χ3v) is 1.70. The van der Waals surface area contributed by atoms with Crippen LogP contribution in [-0.2, 0) is 4.79 Å². The third kappa shape index (κ3) is 24.4. The van der Waals surface area contributed by atoms with Gasteiger partial charge in [-0.3, -0.25) is 4.79 Å². The monoisotopic (exact) mass is 276 g/mol. The van der Waals surface area contributed by atoms with E-state index in [1.54, 1.807) is 6.20 Å². The first-order chi connectivity index (χ1) is 8.66. The maximum absolute atomic E-state index is 10.7. The number of amides is 1. The van der Waals surface area contributed by atoms with Crippen molar-refractivity contribution in [3.8, 4) is 0 Å². The van der Waals surface area contributed by atoms with Gasteiger partial charge in [0, 0.05) is 5.03 Å². The molecule has 0 saturated carbocycles. The molecule has 0 radical (unpaired) electrons. The van der Waals surface area contributed by atoms with Crippen molar-refractivity contribution in [3.63, 3.8) is 0 Å². The van der Waals surface area contributed by atoms with Gasteiger partial charge in [-0.1, -0.05) is 51.4 Å². The first-order valence-electron chi connectivity index (χ1n) is 6.63. The van der Waals surface area contributed by atoms with Crippen molar-refractivity contribution >= 4 is 17.5 Å². The van der Waals surface area contributed by atoms with E-state index in [-0.39, 0.29) is 12.5 Å². The molecule has 0 aliphatic heterocycles. The summed E-state index contributed by atoms with van der Waals surface area (Å²) in [5.74, 6) is -0.169. The van der Waals surface area contributed by atoms with Gasteiger partial charge in [-0.05, 0) is 32.4 Å². The molecule has 0 spiro atoms. The first-order valence-corrected chi connectivity index (χ1v) is 7.01. The zero-order chi connectivity index (χ0) is 14.8. The summed E-state index contributed by atoms with van der Waals surface area (Å²) in [7, 11) is 0. The standard InChI is InChI=1S/C10H17ClN2O.2C2H6/c1-9(11)6-4-2-3-5-7-13-10(14)8-12;2*1-2/h5-7H,2-4,8,12H2,1H3,(H,13,14);2*1-2H3/b7-5-,9-6+;;. The molecule has 0 aliphatic rings. The zero-order valence-electron chi connectivity index (χ0n) is 12.4. The summed E-state index contributed by atoms with van der Waals surface area (Å²) < 4.78 is 0. The number of nitrogens with two attached hydrogens (primary N) is 1. The molecule has 1 amide bonds. The molecule has 0 aromatic heterocycles. The van der Waals surface area contributed by atoms with Gasteiger partial charge in [0.15, 0.2) is 0 Å². The van der Waals surface area contributed by atoms with Crippen molar-refractivity contribution in [2.24, 2.45) is 5.73 Å². The van der Waals surface area contributed by atoms with Crippen LogP contribution in [0.25, 0.3) is 0 Å². The number of carbonyl (C=O) groups is 1. The van der Waals surface area contributed by atoms with Crippen molar-refractivity contribution in [2.45, 2.75) is 53.9 Å². The molecule has 0 heterocycles. The molecular weight excluding hydrogens is 248 g/mol. The molecule has 3 nitrogen and oxygen atoms in total. The molecule has 0 aromatic carbocycles. The number of hydrogen-bond donors (Lipinski definition) is 2. The van der Waals surface area contributed by atoms with Crippen molar-refractivity contribution in [1.29, 1.82) is 0 Å². The molecule has 0 aliphatic carbocycles. The minimum Gasteiger partial charge on any atom is -0.332 e. The second-order valence-corrected chi connectivity index (χ2v) is 3.49. The topological polar surface area (TPSA) is 55.1 Å². The molecule has 18 heavy (non-hydrogen) atoms. The fourth-order valence-corrected chi connectivity index (χ4v) is 0.940. The predicted octanol–water partition coefficient (Wildman–Crippen LogP) is 3.94. The summed E-state index contributed by atoms with van der Waals surface area (Å²) in [4.78, 5) is 10.7. The summed E-state index contributed by atoms with van der Waals surface area (Å²) in [6.07, 6.45) is 8.43. The number of hydrogen-bond acceptors (Lipinski definition) is 2. The van der Waals surface area contributed by atoms with Gasteiger partial charge in [-0.2, -0.15) is 0 Å².